The molecule has 19 heavy (non-hydrogen) atoms. The van der Waals surface area contributed by atoms with Gasteiger partial charge in [-0.2, -0.15) is 0 Å². The highest BCUT2D eigenvalue weighted by atomic mass is 19.1. The van der Waals surface area contributed by atoms with Gasteiger partial charge in [0.15, 0.2) is 0 Å². The van der Waals surface area contributed by atoms with Gasteiger partial charge >= 0.3 is 0 Å². The van der Waals surface area contributed by atoms with Crippen LogP contribution in [0, 0.1) is 12.7 Å². The molecule has 1 aromatic carbocycles. The molecule has 1 aromatic rings. The Labute approximate surface area is 113 Å². The smallest absolute Gasteiger partial charge is 0.254 e. The summed E-state index contributed by atoms with van der Waals surface area (Å²) >= 11 is 0. The molecule has 1 aliphatic rings. The predicted molar refractivity (Wildman–Crippen MR) is 73.5 cm³/mol. The van der Waals surface area contributed by atoms with Gasteiger partial charge in [-0.05, 0) is 43.5 Å². The molecule has 2 N–H and O–H groups in total. The number of aryl methyl sites for hydroxylation is 1. The molecule has 2 rings (SSSR count). The van der Waals surface area contributed by atoms with Crippen LogP contribution >= 0.6 is 0 Å². The second kappa shape index (κ2) is 6.15. The van der Waals surface area contributed by atoms with Crippen LogP contribution in [0.3, 0.4) is 0 Å². The fourth-order valence-electron chi connectivity index (χ4n) is 2.71. The van der Waals surface area contributed by atoms with E-state index in [0.717, 1.165) is 32.2 Å². The first-order valence-corrected chi connectivity index (χ1v) is 6.90. The van der Waals surface area contributed by atoms with Crippen molar-refractivity contribution in [1.82, 2.24) is 4.90 Å². The maximum Gasteiger partial charge on any atom is 0.254 e. The highest BCUT2D eigenvalue weighted by Crippen LogP contribution is 2.20. The molecule has 3 nitrogen and oxygen atoms in total. The third-order valence-electron chi connectivity index (χ3n) is 3.83. The van der Waals surface area contributed by atoms with Crippen molar-refractivity contribution < 1.29 is 9.18 Å². The minimum atomic E-state index is -0.305. The van der Waals surface area contributed by atoms with Crippen molar-refractivity contribution in [2.24, 2.45) is 5.73 Å². The maximum atomic E-state index is 13.1. The highest BCUT2D eigenvalue weighted by Gasteiger charge is 2.26. The molecule has 1 atom stereocenters. The SMILES string of the molecule is Cc1cc(F)ccc1C(=O)N1CCCCCC1CN. The van der Waals surface area contributed by atoms with Crippen molar-refractivity contribution in [1.29, 1.82) is 0 Å². The maximum absolute atomic E-state index is 13.1. The van der Waals surface area contributed by atoms with Crippen molar-refractivity contribution in [3.05, 3.63) is 35.1 Å². The van der Waals surface area contributed by atoms with Gasteiger partial charge in [0.25, 0.3) is 5.91 Å². The summed E-state index contributed by atoms with van der Waals surface area (Å²) in [6, 6.07) is 4.43. The minimum absolute atomic E-state index is 0.0187. The largest absolute Gasteiger partial charge is 0.334 e. The van der Waals surface area contributed by atoms with Crippen LogP contribution in [-0.2, 0) is 0 Å². The quantitative estimate of drug-likeness (QED) is 0.892. The standard InChI is InChI=1S/C15H21FN2O/c1-11-9-12(16)6-7-14(11)15(19)18-8-4-2-3-5-13(18)10-17/h6-7,9,13H,2-5,8,10,17H2,1H3. The fraction of sp³-hybridized carbons (Fsp3) is 0.533. The van der Waals surface area contributed by atoms with Crippen LogP contribution in [0.15, 0.2) is 18.2 Å². The molecular formula is C15H21FN2O. The molecule has 1 fully saturated rings. The lowest BCUT2D eigenvalue weighted by atomic mass is 10.1. The Kier molecular flexibility index (Phi) is 4.53. The molecule has 1 unspecified atom stereocenters. The summed E-state index contributed by atoms with van der Waals surface area (Å²) < 4.78 is 13.1. The third kappa shape index (κ3) is 3.13. The predicted octanol–water partition coefficient (Wildman–Crippen LogP) is 2.48. The molecule has 0 radical (unpaired) electrons. The van der Waals surface area contributed by atoms with E-state index in [2.05, 4.69) is 0 Å². The second-order valence-electron chi connectivity index (χ2n) is 5.20. The molecule has 1 saturated heterocycles. The first-order chi connectivity index (χ1) is 9.13. The Morgan fingerprint density at radius 1 is 1.42 bits per heavy atom. The normalized spacial score (nSPS) is 20.2. The van der Waals surface area contributed by atoms with Crippen LogP contribution in [0.5, 0.6) is 0 Å². The summed E-state index contributed by atoms with van der Waals surface area (Å²) in [6.45, 7) is 3.01. The number of halogens is 1. The molecule has 0 aromatic heterocycles. The monoisotopic (exact) mass is 264 g/mol. The van der Waals surface area contributed by atoms with Crippen LogP contribution in [0.4, 0.5) is 4.39 Å². The number of benzene rings is 1. The van der Waals surface area contributed by atoms with Crippen LogP contribution < -0.4 is 5.73 Å². The first kappa shape index (κ1) is 14.0. The van der Waals surface area contributed by atoms with Crippen LogP contribution in [0.25, 0.3) is 0 Å². The van der Waals surface area contributed by atoms with Gasteiger partial charge < -0.3 is 10.6 Å². The lowest BCUT2D eigenvalue weighted by molar-refractivity contribution is 0.0688. The Bertz CT molecular complexity index is 461. The van der Waals surface area contributed by atoms with Crippen molar-refractivity contribution in [2.75, 3.05) is 13.1 Å². The fourth-order valence-corrected chi connectivity index (χ4v) is 2.71. The summed E-state index contributed by atoms with van der Waals surface area (Å²) in [5.41, 5.74) is 7.06. The molecule has 1 heterocycles. The number of likely N-dealkylation sites (tertiary alicyclic amines) is 1. The van der Waals surface area contributed by atoms with Crippen LogP contribution in [0.2, 0.25) is 0 Å². The molecular weight excluding hydrogens is 243 g/mol. The summed E-state index contributed by atoms with van der Waals surface area (Å²) in [6.07, 6.45) is 4.24. The van der Waals surface area contributed by atoms with Gasteiger partial charge in [0.1, 0.15) is 5.82 Å². The summed E-state index contributed by atoms with van der Waals surface area (Å²) in [5, 5.41) is 0. The summed E-state index contributed by atoms with van der Waals surface area (Å²) in [5.74, 6) is -0.324. The Morgan fingerprint density at radius 3 is 2.89 bits per heavy atom. The van der Waals surface area contributed by atoms with Gasteiger partial charge in [-0.3, -0.25) is 4.79 Å². The van der Waals surface area contributed by atoms with E-state index in [9.17, 15) is 9.18 Å². The molecule has 104 valence electrons. The van der Waals surface area contributed by atoms with E-state index < -0.39 is 0 Å². The van der Waals surface area contributed by atoms with Crippen molar-refractivity contribution in [3.8, 4) is 0 Å². The molecule has 0 spiro atoms. The number of rotatable bonds is 2. The molecule has 4 heteroatoms. The van der Waals surface area contributed by atoms with E-state index in [4.69, 9.17) is 5.73 Å². The number of nitrogens with two attached hydrogens (primary N) is 1. The lowest BCUT2D eigenvalue weighted by Gasteiger charge is -2.29. The highest BCUT2D eigenvalue weighted by molar-refractivity contribution is 5.95. The van der Waals surface area contributed by atoms with Gasteiger partial charge in [-0.1, -0.05) is 12.8 Å². The molecule has 1 amide bonds. The van der Waals surface area contributed by atoms with Crippen molar-refractivity contribution >= 4 is 5.91 Å². The molecule has 0 saturated carbocycles. The zero-order valence-electron chi connectivity index (χ0n) is 11.4. The minimum Gasteiger partial charge on any atom is -0.334 e. The van der Waals surface area contributed by atoms with E-state index in [1.54, 1.807) is 13.0 Å². The van der Waals surface area contributed by atoms with E-state index in [1.165, 1.54) is 12.1 Å². The number of carbonyl (C=O) groups is 1. The molecule has 0 bridgehead atoms. The Morgan fingerprint density at radius 2 is 2.21 bits per heavy atom. The molecule has 0 aliphatic carbocycles. The van der Waals surface area contributed by atoms with E-state index >= 15 is 0 Å². The van der Waals surface area contributed by atoms with Gasteiger partial charge in [0.05, 0.1) is 0 Å². The zero-order chi connectivity index (χ0) is 13.8. The zero-order valence-corrected chi connectivity index (χ0v) is 11.4. The number of hydrogen-bond donors (Lipinski definition) is 1. The van der Waals surface area contributed by atoms with E-state index in [-0.39, 0.29) is 17.8 Å². The van der Waals surface area contributed by atoms with Gasteiger partial charge in [-0.25, -0.2) is 4.39 Å². The Balaban J connectivity index is 2.25. The van der Waals surface area contributed by atoms with E-state index in [0.29, 0.717) is 17.7 Å². The molecule has 1 aliphatic heterocycles. The number of hydrogen-bond acceptors (Lipinski definition) is 2. The van der Waals surface area contributed by atoms with Gasteiger partial charge in [-0.15, -0.1) is 0 Å². The van der Waals surface area contributed by atoms with Crippen LogP contribution in [0.1, 0.15) is 41.6 Å². The number of amides is 1. The second-order valence-corrected chi connectivity index (χ2v) is 5.20. The third-order valence-corrected chi connectivity index (χ3v) is 3.83. The van der Waals surface area contributed by atoms with Gasteiger partial charge in [0, 0.05) is 24.7 Å². The summed E-state index contributed by atoms with van der Waals surface area (Å²) in [7, 11) is 0. The first-order valence-electron chi connectivity index (χ1n) is 6.90. The van der Waals surface area contributed by atoms with Crippen molar-refractivity contribution in [2.45, 2.75) is 38.6 Å². The van der Waals surface area contributed by atoms with Crippen molar-refractivity contribution in [3.63, 3.8) is 0 Å². The summed E-state index contributed by atoms with van der Waals surface area (Å²) in [4.78, 5) is 14.5. The number of carbonyl (C=O) groups excluding carboxylic acids is 1. The average Bonchev–Trinajstić information content (AvgIpc) is 2.63. The average molecular weight is 264 g/mol. The van der Waals surface area contributed by atoms with Crippen LogP contribution in [-0.4, -0.2) is 29.9 Å². The number of nitrogens with zero attached hydrogens (tertiary/aromatic N) is 1. The Hall–Kier alpha value is -1.42. The van der Waals surface area contributed by atoms with Gasteiger partial charge in [0.2, 0.25) is 0 Å². The topological polar surface area (TPSA) is 46.3 Å². The van der Waals surface area contributed by atoms with E-state index in [1.807, 2.05) is 4.90 Å². The lowest BCUT2D eigenvalue weighted by Crippen LogP contribution is -2.44.